The second-order valence-corrected chi connectivity index (χ2v) is 7.48. The molecule has 0 aliphatic carbocycles. The molecule has 2 rings (SSSR count). The third-order valence-electron chi connectivity index (χ3n) is 3.49. The molecule has 1 aromatic carbocycles. The predicted octanol–water partition coefficient (Wildman–Crippen LogP) is 5.36. The molecule has 104 valence electrons. The van der Waals surface area contributed by atoms with E-state index < -0.39 is 0 Å². The minimum Gasteiger partial charge on any atom is -0.459 e. The molecule has 0 amide bonds. The van der Waals surface area contributed by atoms with Gasteiger partial charge in [-0.2, -0.15) is 0 Å². The van der Waals surface area contributed by atoms with E-state index in [0.29, 0.717) is 5.92 Å². The van der Waals surface area contributed by atoms with Crippen LogP contribution in [0.3, 0.4) is 0 Å². The van der Waals surface area contributed by atoms with Crippen LogP contribution in [0.2, 0.25) is 0 Å². The molecular weight excluding hydrogens is 302 g/mol. The van der Waals surface area contributed by atoms with Crippen LogP contribution in [0.4, 0.5) is 0 Å². The lowest BCUT2D eigenvalue weighted by Gasteiger charge is -2.24. The van der Waals surface area contributed by atoms with Crippen molar-refractivity contribution >= 4 is 26.9 Å². The van der Waals surface area contributed by atoms with Gasteiger partial charge in [-0.1, -0.05) is 50.5 Å². The molecule has 1 unspecified atom stereocenters. The van der Waals surface area contributed by atoms with Gasteiger partial charge in [0, 0.05) is 9.86 Å². The van der Waals surface area contributed by atoms with Crippen LogP contribution in [0.25, 0.3) is 11.0 Å². The highest BCUT2D eigenvalue weighted by atomic mass is 79.9. The fraction of sp³-hybridized carbons (Fsp3) is 0.500. The summed E-state index contributed by atoms with van der Waals surface area (Å²) >= 11 is 3.56. The molecule has 19 heavy (non-hydrogen) atoms. The highest BCUT2D eigenvalue weighted by Crippen LogP contribution is 2.37. The smallest absolute Gasteiger partial charge is 0.137 e. The molecule has 1 heterocycles. The first-order chi connectivity index (χ1) is 8.70. The number of benzene rings is 1. The standard InChI is InChI=1S/C16H22BrNO/c1-9(2)12-8-11(17)6-10-7-13(19-14(10)12)15(18)16(3,4)5/h6-9,15H,18H2,1-5H3. The molecule has 2 nitrogen and oxygen atoms in total. The van der Waals surface area contributed by atoms with Crippen molar-refractivity contribution in [3.8, 4) is 0 Å². The number of furan rings is 1. The SMILES string of the molecule is CC(C)c1cc(Br)cc2cc(C(N)C(C)(C)C)oc12. The summed E-state index contributed by atoms with van der Waals surface area (Å²) in [5.41, 5.74) is 8.47. The van der Waals surface area contributed by atoms with Gasteiger partial charge >= 0.3 is 0 Å². The fourth-order valence-electron chi connectivity index (χ4n) is 2.17. The number of rotatable bonds is 2. The lowest BCUT2D eigenvalue weighted by atomic mass is 9.86. The zero-order valence-electron chi connectivity index (χ0n) is 12.3. The van der Waals surface area contributed by atoms with Crippen molar-refractivity contribution in [2.45, 2.75) is 46.6 Å². The van der Waals surface area contributed by atoms with Gasteiger partial charge in [-0.15, -0.1) is 0 Å². The van der Waals surface area contributed by atoms with Crippen LogP contribution < -0.4 is 5.73 Å². The first-order valence-electron chi connectivity index (χ1n) is 6.68. The summed E-state index contributed by atoms with van der Waals surface area (Å²) in [6, 6.07) is 6.19. The van der Waals surface area contributed by atoms with Gasteiger partial charge in [0.05, 0.1) is 6.04 Å². The maximum atomic E-state index is 6.29. The molecule has 1 atom stereocenters. The third kappa shape index (κ3) is 2.87. The molecule has 0 radical (unpaired) electrons. The monoisotopic (exact) mass is 323 g/mol. The van der Waals surface area contributed by atoms with Gasteiger partial charge in [-0.25, -0.2) is 0 Å². The van der Waals surface area contributed by atoms with Crippen molar-refractivity contribution in [1.82, 2.24) is 0 Å². The number of nitrogens with two attached hydrogens (primary N) is 1. The molecule has 0 saturated heterocycles. The first kappa shape index (κ1) is 14.6. The first-order valence-corrected chi connectivity index (χ1v) is 7.48. The normalized spacial score (nSPS) is 14.3. The van der Waals surface area contributed by atoms with Crippen molar-refractivity contribution in [3.63, 3.8) is 0 Å². The highest BCUT2D eigenvalue weighted by Gasteiger charge is 2.26. The lowest BCUT2D eigenvalue weighted by Crippen LogP contribution is -2.25. The van der Waals surface area contributed by atoms with E-state index in [9.17, 15) is 0 Å². The summed E-state index contributed by atoms with van der Waals surface area (Å²) in [5.74, 6) is 1.28. The summed E-state index contributed by atoms with van der Waals surface area (Å²) < 4.78 is 7.14. The van der Waals surface area contributed by atoms with Crippen molar-refractivity contribution in [2.75, 3.05) is 0 Å². The Kier molecular flexibility index (Phi) is 3.80. The molecule has 0 fully saturated rings. The molecule has 2 N–H and O–H groups in total. The Labute approximate surface area is 123 Å². The van der Waals surface area contributed by atoms with Crippen LogP contribution in [0.5, 0.6) is 0 Å². The van der Waals surface area contributed by atoms with Gasteiger partial charge < -0.3 is 10.2 Å². The van der Waals surface area contributed by atoms with Gasteiger partial charge in [0.2, 0.25) is 0 Å². The van der Waals surface area contributed by atoms with Crippen LogP contribution in [-0.2, 0) is 0 Å². The molecule has 3 heteroatoms. The summed E-state index contributed by atoms with van der Waals surface area (Å²) in [6.07, 6.45) is 0. The molecule has 1 aromatic heterocycles. The molecule has 0 bridgehead atoms. The van der Waals surface area contributed by atoms with Gasteiger partial charge in [0.15, 0.2) is 0 Å². The second-order valence-electron chi connectivity index (χ2n) is 6.56. The average molecular weight is 324 g/mol. The fourth-order valence-corrected chi connectivity index (χ4v) is 2.66. The van der Waals surface area contributed by atoms with E-state index in [0.717, 1.165) is 21.2 Å². The quantitative estimate of drug-likeness (QED) is 0.807. The van der Waals surface area contributed by atoms with E-state index in [2.05, 4.69) is 68.7 Å². The largest absolute Gasteiger partial charge is 0.459 e. The Morgan fingerprint density at radius 1 is 1.16 bits per heavy atom. The topological polar surface area (TPSA) is 39.2 Å². The molecule has 0 aliphatic heterocycles. The molecule has 2 aromatic rings. The second kappa shape index (κ2) is 4.95. The zero-order valence-corrected chi connectivity index (χ0v) is 13.8. The van der Waals surface area contributed by atoms with Crippen molar-refractivity contribution < 1.29 is 4.42 Å². The van der Waals surface area contributed by atoms with Gasteiger partial charge in [0.1, 0.15) is 11.3 Å². The van der Waals surface area contributed by atoms with E-state index in [1.54, 1.807) is 0 Å². The van der Waals surface area contributed by atoms with E-state index >= 15 is 0 Å². The van der Waals surface area contributed by atoms with E-state index in [-0.39, 0.29) is 11.5 Å². The van der Waals surface area contributed by atoms with Gasteiger partial charge in [-0.05, 0) is 35.1 Å². The number of halogens is 1. The zero-order chi connectivity index (χ0) is 14.4. The average Bonchev–Trinajstić information content (AvgIpc) is 2.68. The Morgan fingerprint density at radius 3 is 2.32 bits per heavy atom. The van der Waals surface area contributed by atoms with Crippen molar-refractivity contribution in [3.05, 3.63) is 34.0 Å². The van der Waals surface area contributed by atoms with Crippen LogP contribution in [0.1, 0.15) is 57.9 Å². The highest BCUT2D eigenvalue weighted by molar-refractivity contribution is 9.10. The molecule has 0 aliphatic rings. The van der Waals surface area contributed by atoms with Crippen molar-refractivity contribution in [2.24, 2.45) is 11.1 Å². The third-order valence-corrected chi connectivity index (χ3v) is 3.95. The van der Waals surface area contributed by atoms with Crippen LogP contribution in [0, 0.1) is 5.41 Å². The molecular formula is C16H22BrNO. The van der Waals surface area contributed by atoms with Crippen LogP contribution in [-0.4, -0.2) is 0 Å². The maximum absolute atomic E-state index is 6.29. The Balaban J connectivity index is 2.60. The Bertz CT molecular complexity index is 593. The van der Waals surface area contributed by atoms with E-state index in [4.69, 9.17) is 10.2 Å². The van der Waals surface area contributed by atoms with Crippen LogP contribution in [0.15, 0.2) is 27.1 Å². The van der Waals surface area contributed by atoms with E-state index in [1.807, 2.05) is 0 Å². The van der Waals surface area contributed by atoms with Crippen molar-refractivity contribution in [1.29, 1.82) is 0 Å². The van der Waals surface area contributed by atoms with E-state index in [1.165, 1.54) is 5.56 Å². The summed E-state index contributed by atoms with van der Waals surface area (Å²) in [6.45, 7) is 10.7. The summed E-state index contributed by atoms with van der Waals surface area (Å²) in [4.78, 5) is 0. The number of fused-ring (bicyclic) bond motifs is 1. The summed E-state index contributed by atoms with van der Waals surface area (Å²) in [7, 11) is 0. The minimum absolute atomic E-state index is 0.0108. The minimum atomic E-state index is -0.0984. The Hall–Kier alpha value is -0.800. The summed E-state index contributed by atoms with van der Waals surface area (Å²) in [5, 5.41) is 1.12. The van der Waals surface area contributed by atoms with Gasteiger partial charge in [-0.3, -0.25) is 0 Å². The Morgan fingerprint density at radius 2 is 1.79 bits per heavy atom. The number of hydrogen-bond donors (Lipinski definition) is 1. The van der Waals surface area contributed by atoms with Gasteiger partial charge in [0.25, 0.3) is 0 Å². The molecule has 0 saturated carbocycles. The number of hydrogen-bond acceptors (Lipinski definition) is 2. The lowest BCUT2D eigenvalue weighted by molar-refractivity contribution is 0.290. The van der Waals surface area contributed by atoms with Crippen LogP contribution >= 0.6 is 15.9 Å². The predicted molar refractivity (Wildman–Crippen MR) is 84.4 cm³/mol. The molecule has 0 spiro atoms. The maximum Gasteiger partial charge on any atom is 0.137 e.